The molecule has 1 heterocycles. The van der Waals surface area contributed by atoms with Gasteiger partial charge in [-0.05, 0) is 37.6 Å². The van der Waals surface area contributed by atoms with Gasteiger partial charge < -0.3 is 5.32 Å². The lowest BCUT2D eigenvalue weighted by atomic mass is 10.1. The van der Waals surface area contributed by atoms with Crippen LogP contribution in [0.25, 0.3) is 0 Å². The van der Waals surface area contributed by atoms with Crippen LogP contribution < -0.4 is 5.32 Å². The molecule has 4 heteroatoms. The molecule has 1 aromatic heterocycles. The number of aryl methyl sites for hydroxylation is 1. The molecule has 1 N–H and O–H groups in total. The van der Waals surface area contributed by atoms with Crippen molar-refractivity contribution in [3.05, 3.63) is 52.3 Å². The van der Waals surface area contributed by atoms with Crippen molar-refractivity contribution in [1.82, 2.24) is 15.1 Å². The Morgan fingerprint density at radius 1 is 1.22 bits per heavy atom. The van der Waals surface area contributed by atoms with Crippen molar-refractivity contribution in [2.45, 2.75) is 25.9 Å². The average molecular weight is 308 g/mol. The molecule has 1 unspecified atom stereocenters. The molecule has 0 saturated heterocycles. The van der Waals surface area contributed by atoms with E-state index in [1.165, 1.54) is 11.3 Å². The van der Waals surface area contributed by atoms with Crippen molar-refractivity contribution < 1.29 is 0 Å². The van der Waals surface area contributed by atoms with Gasteiger partial charge in [0.05, 0.1) is 5.69 Å². The number of hydrogen-bond acceptors (Lipinski definition) is 2. The maximum Gasteiger partial charge on any atom is 0.0547 e. The minimum absolute atomic E-state index is 0.270. The summed E-state index contributed by atoms with van der Waals surface area (Å²) in [5, 5.41) is 7.79. The smallest absolute Gasteiger partial charge is 0.0547 e. The van der Waals surface area contributed by atoms with Gasteiger partial charge in [-0.1, -0.05) is 28.1 Å². The summed E-state index contributed by atoms with van der Waals surface area (Å²) >= 11 is 3.51. The van der Waals surface area contributed by atoms with Crippen molar-refractivity contribution >= 4 is 15.9 Å². The molecule has 2 rings (SSSR count). The molecule has 0 saturated carbocycles. The number of aromatic nitrogens is 2. The van der Waals surface area contributed by atoms with E-state index in [0.717, 1.165) is 4.47 Å². The number of benzene rings is 1. The van der Waals surface area contributed by atoms with E-state index in [9.17, 15) is 0 Å². The Kier molecular flexibility index (Phi) is 4.19. The Morgan fingerprint density at radius 2 is 2.00 bits per heavy atom. The van der Waals surface area contributed by atoms with Crippen molar-refractivity contribution in [2.24, 2.45) is 7.05 Å². The normalized spacial score (nSPS) is 14.4. The Balaban J connectivity index is 2.08. The van der Waals surface area contributed by atoms with Crippen molar-refractivity contribution in [1.29, 1.82) is 0 Å². The Bertz CT molecular complexity index is 521. The Labute approximate surface area is 116 Å². The molecule has 1 aromatic carbocycles. The first-order chi connectivity index (χ1) is 8.58. The molecule has 0 aliphatic heterocycles. The molecule has 96 valence electrons. The van der Waals surface area contributed by atoms with Crippen LogP contribution in [-0.4, -0.2) is 9.78 Å². The van der Waals surface area contributed by atoms with E-state index in [1.807, 2.05) is 30.1 Å². The van der Waals surface area contributed by atoms with Gasteiger partial charge in [-0.25, -0.2) is 0 Å². The lowest BCUT2D eigenvalue weighted by Crippen LogP contribution is -2.24. The van der Waals surface area contributed by atoms with Crippen LogP contribution in [0.5, 0.6) is 0 Å². The second kappa shape index (κ2) is 5.67. The molecular weight excluding hydrogens is 290 g/mol. The molecule has 0 aliphatic carbocycles. The van der Waals surface area contributed by atoms with E-state index >= 15 is 0 Å². The molecule has 0 amide bonds. The number of nitrogens with zero attached hydrogens (tertiary/aromatic N) is 2. The SMILES string of the molecule is CC(N[C@@H](C)c1cccc(Br)c1)c1ccnn1C. The maximum atomic E-state index is 4.20. The van der Waals surface area contributed by atoms with Crippen LogP contribution in [0.1, 0.15) is 37.2 Å². The molecule has 0 aliphatic rings. The van der Waals surface area contributed by atoms with E-state index in [1.54, 1.807) is 0 Å². The predicted molar refractivity (Wildman–Crippen MR) is 77.3 cm³/mol. The summed E-state index contributed by atoms with van der Waals surface area (Å²) in [6, 6.07) is 11.0. The zero-order chi connectivity index (χ0) is 13.1. The largest absolute Gasteiger partial charge is 0.302 e. The number of nitrogens with one attached hydrogen (secondary N) is 1. The second-order valence-corrected chi connectivity index (χ2v) is 5.46. The molecule has 0 bridgehead atoms. The van der Waals surface area contributed by atoms with E-state index in [0.29, 0.717) is 6.04 Å². The van der Waals surface area contributed by atoms with Gasteiger partial charge in [-0.15, -0.1) is 0 Å². The highest BCUT2D eigenvalue weighted by Gasteiger charge is 2.13. The van der Waals surface area contributed by atoms with Gasteiger partial charge in [0.1, 0.15) is 0 Å². The zero-order valence-corrected chi connectivity index (χ0v) is 12.5. The topological polar surface area (TPSA) is 29.9 Å². The van der Waals surface area contributed by atoms with Gasteiger partial charge in [0, 0.05) is 29.8 Å². The third kappa shape index (κ3) is 3.00. The standard InChI is InChI=1S/C14H18BrN3/c1-10(12-5-4-6-13(15)9-12)17-11(2)14-7-8-16-18(14)3/h4-11,17H,1-3H3/t10-,11?/m0/s1. The maximum absolute atomic E-state index is 4.20. The van der Waals surface area contributed by atoms with Gasteiger partial charge in [0.15, 0.2) is 0 Å². The van der Waals surface area contributed by atoms with Gasteiger partial charge in [0.2, 0.25) is 0 Å². The molecular formula is C14H18BrN3. The van der Waals surface area contributed by atoms with Crippen molar-refractivity contribution in [3.63, 3.8) is 0 Å². The summed E-state index contributed by atoms with van der Waals surface area (Å²) in [4.78, 5) is 0. The quantitative estimate of drug-likeness (QED) is 0.935. The minimum atomic E-state index is 0.270. The summed E-state index contributed by atoms with van der Waals surface area (Å²) in [6.07, 6.45) is 1.83. The average Bonchev–Trinajstić information content (AvgIpc) is 2.75. The highest BCUT2D eigenvalue weighted by atomic mass is 79.9. The van der Waals surface area contributed by atoms with Gasteiger partial charge >= 0.3 is 0 Å². The summed E-state index contributed by atoms with van der Waals surface area (Å²) in [6.45, 7) is 4.33. The lowest BCUT2D eigenvalue weighted by Gasteiger charge is -2.20. The Hall–Kier alpha value is -1.13. The van der Waals surface area contributed by atoms with Crippen LogP contribution in [0, 0.1) is 0 Å². The highest BCUT2D eigenvalue weighted by molar-refractivity contribution is 9.10. The molecule has 0 spiro atoms. The van der Waals surface area contributed by atoms with Gasteiger partial charge in [0.25, 0.3) is 0 Å². The first-order valence-electron chi connectivity index (χ1n) is 6.07. The van der Waals surface area contributed by atoms with Crippen molar-refractivity contribution in [2.75, 3.05) is 0 Å². The molecule has 0 radical (unpaired) electrons. The van der Waals surface area contributed by atoms with Crippen LogP contribution in [0.15, 0.2) is 41.0 Å². The lowest BCUT2D eigenvalue weighted by molar-refractivity contribution is 0.469. The van der Waals surface area contributed by atoms with Crippen LogP contribution in [-0.2, 0) is 7.05 Å². The van der Waals surface area contributed by atoms with E-state index < -0.39 is 0 Å². The van der Waals surface area contributed by atoms with Crippen molar-refractivity contribution in [3.8, 4) is 0 Å². The zero-order valence-electron chi connectivity index (χ0n) is 10.9. The monoisotopic (exact) mass is 307 g/mol. The molecule has 3 nitrogen and oxygen atoms in total. The van der Waals surface area contributed by atoms with Crippen LogP contribution in [0.4, 0.5) is 0 Å². The highest BCUT2D eigenvalue weighted by Crippen LogP contribution is 2.21. The molecule has 2 atom stereocenters. The first-order valence-corrected chi connectivity index (χ1v) is 6.86. The third-order valence-corrected chi connectivity index (χ3v) is 3.64. The molecule has 0 fully saturated rings. The minimum Gasteiger partial charge on any atom is -0.302 e. The van der Waals surface area contributed by atoms with Crippen LogP contribution in [0.2, 0.25) is 0 Å². The fourth-order valence-corrected chi connectivity index (χ4v) is 2.56. The molecule has 2 aromatic rings. The fraction of sp³-hybridized carbons (Fsp3) is 0.357. The van der Waals surface area contributed by atoms with E-state index in [-0.39, 0.29) is 6.04 Å². The van der Waals surface area contributed by atoms with Crippen LogP contribution >= 0.6 is 15.9 Å². The summed E-state index contributed by atoms with van der Waals surface area (Å²) in [5.41, 5.74) is 2.47. The summed E-state index contributed by atoms with van der Waals surface area (Å²) in [7, 11) is 1.97. The third-order valence-electron chi connectivity index (χ3n) is 3.15. The van der Waals surface area contributed by atoms with E-state index in [4.69, 9.17) is 0 Å². The predicted octanol–water partition coefficient (Wildman–Crippen LogP) is 3.59. The van der Waals surface area contributed by atoms with Gasteiger partial charge in [-0.2, -0.15) is 5.10 Å². The van der Waals surface area contributed by atoms with Crippen LogP contribution in [0.3, 0.4) is 0 Å². The number of rotatable bonds is 4. The fourth-order valence-electron chi connectivity index (χ4n) is 2.14. The summed E-state index contributed by atoms with van der Waals surface area (Å²) in [5.74, 6) is 0. The van der Waals surface area contributed by atoms with E-state index in [2.05, 4.69) is 58.4 Å². The molecule has 18 heavy (non-hydrogen) atoms. The summed E-state index contributed by atoms with van der Waals surface area (Å²) < 4.78 is 3.02. The Morgan fingerprint density at radius 3 is 2.61 bits per heavy atom. The second-order valence-electron chi connectivity index (χ2n) is 4.54. The first kappa shape index (κ1) is 13.3. The van der Waals surface area contributed by atoms with Gasteiger partial charge in [-0.3, -0.25) is 4.68 Å². The number of hydrogen-bond donors (Lipinski definition) is 1. The number of halogens is 1.